The molecule has 2 aliphatic rings. The maximum absolute atomic E-state index is 12.4. The first kappa shape index (κ1) is 28.4. The molecule has 2 heterocycles. The first-order valence-electron chi connectivity index (χ1n) is 9.17. The normalized spacial score (nSPS) is 42.9. The number of ether oxygens (including phenoxy) is 2. The van der Waals surface area contributed by atoms with Gasteiger partial charge in [-0.1, -0.05) is 0 Å². The Morgan fingerprint density at radius 3 is 2.09 bits per heavy atom. The number of hydrogen-bond acceptors (Lipinski definition) is 13. The summed E-state index contributed by atoms with van der Waals surface area (Å²) in [5.74, 6) is -4.92. The standard InChI is InChI=1S/C14H25NO16P2/c1-5-7(16)8(17)6(28-5)4-27-32(23,24)31-33(25,26)30-14(15(2)3)12(20)10(19)9(18)11(29-14)13(21)22/h5-12,16-20H,2,4H2,1,3H3,(H2-,21,22,23,24,25,26)/p+1. The second kappa shape index (κ2) is 10.0. The zero-order valence-electron chi connectivity index (χ0n) is 17.2. The van der Waals surface area contributed by atoms with Crippen LogP contribution in [0.15, 0.2) is 0 Å². The molecule has 0 aliphatic carbocycles. The van der Waals surface area contributed by atoms with Gasteiger partial charge in [-0.3, -0.25) is 9.26 Å². The van der Waals surface area contributed by atoms with Crippen molar-refractivity contribution < 1.29 is 81.8 Å². The molecule has 19 heteroatoms. The van der Waals surface area contributed by atoms with E-state index in [9.17, 15) is 49.2 Å². The maximum atomic E-state index is 12.4. The fourth-order valence-electron chi connectivity index (χ4n) is 3.14. The molecule has 2 fully saturated rings. The Hall–Kier alpha value is -0.880. The van der Waals surface area contributed by atoms with Crippen molar-refractivity contribution in [3.8, 4) is 0 Å². The van der Waals surface area contributed by atoms with Gasteiger partial charge in [0.1, 0.15) is 44.3 Å². The molecule has 17 nitrogen and oxygen atoms in total. The molecule has 0 radical (unpaired) electrons. The Bertz CT molecular complexity index is 855. The highest BCUT2D eigenvalue weighted by atomic mass is 31.3. The molecule has 0 aromatic rings. The monoisotopic (exact) mass is 526 g/mol. The zero-order chi connectivity index (χ0) is 25.5. The van der Waals surface area contributed by atoms with Crippen LogP contribution in [0.4, 0.5) is 0 Å². The molecule has 0 bridgehead atoms. The average molecular weight is 526 g/mol. The Balaban J connectivity index is 2.18. The third kappa shape index (κ3) is 6.04. The number of hydrogen-bond donors (Lipinski definition) is 8. The lowest BCUT2D eigenvalue weighted by molar-refractivity contribution is -0.710. The summed E-state index contributed by atoms with van der Waals surface area (Å²) in [4.78, 5) is 31.1. The average Bonchev–Trinajstić information content (AvgIpc) is 2.92. The van der Waals surface area contributed by atoms with E-state index in [0.29, 0.717) is 4.58 Å². The van der Waals surface area contributed by atoms with Crippen LogP contribution in [0.5, 0.6) is 0 Å². The van der Waals surface area contributed by atoms with Gasteiger partial charge in [-0.05, 0) is 6.92 Å². The van der Waals surface area contributed by atoms with E-state index in [1.165, 1.54) is 6.92 Å². The molecule has 2 rings (SSSR count). The molecule has 33 heavy (non-hydrogen) atoms. The lowest BCUT2D eigenvalue weighted by Gasteiger charge is -2.42. The second-order valence-electron chi connectivity index (χ2n) is 7.40. The van der Waals surface area contributed by atoms with Gasteiger partial charge in [0.2, 0.25) is 6.10 Å². The minimum Gasteiger partial charge on any atom is -0.479 e. The van der Waals surface area contributed by atoms with E-state index in [4.69, 9.17) is 14.6 Å². The highest BCUT2D eigenvalue weighted by molar-refractivity contribution is 7.61. The van der Waals surface area contributed by atoms with Crippen LogP contribution in [0.25, 0.3) is 0 Å². The Labute approximate surface area is 186 Å². The minimum absolute atomic E-state index is 0.462. The van der Waals surface area contributed by atoms with Crippen LogP contribution in [0, 0.1) is 0 Å². The number of carbonyl (C=O) groups is 1. The van der Waals surface area contributed by atoms with E-state index in [1.54, 1.807) is 0 Å². The number of phosphoric ester groups is 2. The molecule has 0 amide bonds. The number of carboxylic acid groups (broad SMARTS) is 1. The van der Waals surface area contributed by atoms with Crippen molar-refractivity contribution in [1.82, 2.24) is 0 Å². The number of aliphatic hydroxyl groups excluding tert-OH is 5. The van der Waals surface area contributed by atoms with E-state index in [2.05, 4.69) is 20.1 Å². The van der Waals surface area contributed by atoms with Crippen LogP contribution < -0.4 is 0 Å². The summed E-state index contributed by atoms with van der Waals surface area (Å²) in [6, 6.07) is 0. The quantitative estimate of drug-likeness (QED) is 0.0622. The number of nitrogens with zero attached hydrogens (tertiary/aromatic N) is 1. The SMILES string of the molecule is C=[N+](C)C1(OP(=O)(O)OP(=O)(O)OCC2OC(C)C(O)C2O)OC(C(=O)O)C(O)C(O)C1O. The van der Waals surface area contributed by atoms with Gasteiger partial charge in [-0.15, -0.1) is 0 Å². The third-order valence-electron chi connectivity index (χ3n) is 4.88. The Morgan fingerprint density at radius 1 is 1.06 bits per heavy atom. The summed E-state index contributed by atoms with van der Waals surface area (Å²) in [7, 11) is -10.3. The number of aliphatic hydroxyl groups is 5. The number of rotatable bonds is 9. The molecular formula is C14H26NO16P2+. The predicted molar refractivity (Wildman–Crippen MR) is 101 cm³/mol. The van der Waals surface area contributed by atoms with Gasteiger partial charge in [0.15, 0.2) is 6.10 Å². The van der Waals surface area contributed by atoms with Gasteiger partial charge in [0.05, 0.1) is 12.7 Å². The predicted octanol–water partition coefficient (Wildman–Crippen LogP) is -3.69. The topological polar surface area (TPSA) is 262 Å². The van der Waals surface area contributed by atoms with Gasteiger partial charge < -0.3 is 45.2 Å². The molecule has 192 valence electrons. The van der Waals surface area contributed by atoms with Gasteiger partial charge in [0.25, 0.3) is 0 Å². The van der Waals surface area contributed by atoms with Crippen molar-refractivity contribution in [2.24, 2.45) is 0 Å². The van der Waals surface area contributed by atoms with Crippen molar-refractivity contribution in [3.05, 3.63) is 0 Å². The number of aliphatic carboxylic acids is 1. The first-order chi connectivity index (χ1) is 14.9. The van der Waals surface area contributed by atoms with Crippen molar-refractivity contribution in [1.29, 1.82) is 0 Å². The zero-order valence-corrected chi connectivity index (χ0v) is 19.0. The molecule has 2 aliphatic heterocycles. The second-order valence-corrected chi connectivity index (χ2v) is 10.4. The highest BCUT2D eigenvalue weighted by Crippen LogP contribution is 2.62. The van der Waals surface area contributed by atoms with Crippen molar-refractivity contribution in [3.63, 3.8) is 0 Å². The van der Waals surface area contributed by atoms with E-state index in [-0.39, 0.29) is 0 Å². The molecule has 0 aromatic heterocycles. The van der Waals surface area contributed by atoms with Gasteiger partial charge >= 0.3 is 27.5 Å². The molecule has 0 saturated carbocycles. The van der Waals surface area contributed by atoms with Crippen LogP contribution in [0.1, 0.15) is 6.92 Å². The summed E-state index contributed by atoms with van der Waals surface area (Å²) in [6.45, 7) is 3.78. The summed E-state index contributed by atoms with van der Waals surface area (Å²) in [6.07, 6.45) is -14.2. The fraction of sp³-hybridized carbons (Fsp3) is 0.857. The van der Waals surface area contributed by atoms with Crippen LogP contribution in [0.3, 0.4) is 0 Å². The fourth-order valence-corrected chi connectivity index (χ4v) is 5.46. The Kier molecular flexibility index (Phi) is 8.60. The van der Waals surface area contributed by atoms with E-state index >= 15 is 0 Å². The van der Waals surface area contributed by atoms with Crippen molar-refractivity contribution >= 4 is 28.3 Å². The molecule has 11 unspecified atom stereocenters. The lowest BCUT2D eigenvalue weighted by Crippen LogP contribution is -2.70. The minimum atomic E-state index is -5.79. The van der Waals surface area contributed by atoms with E-state index < -0.39 is 83.0 Å². The smallest absolute Gasteiger partial charge is 0.479 e. The third-order valence-corrected chi connectivity index (χ3v) is 7.50. The summed E-state index contributed by atoms with van der Waals surface area (Å²) in [5, 5.41) is 58.6. The van der Waals surface area contributed by atoms with Gasteiger partial charge in [0, 0.05) is 0 Å². The van der Waals surface area contributed by atoms with Crippen LogP contribution in [-0.4, -0.2) is 126 Å². The van der Waals surface area contributed by atoms with E-state index in [1.807, 2.05) is 0 Å². The van der Waals surface area contributed by atoms with Gasteiger partial charge in [-0.25, -0.2) is 13.9 Å². The van der Waals surface area contributed by atoms with Gasteiger partial charge in [-0.2, -0.15) is 13.4 Å². The number of phosphoric acid groups is 2. The van der Waals surface area contributed by atoms with Crippen LogP contribution >= 0.6 is 15.6 Å². The summed E-state index contributed by atoms with van der Waals surface area (Å²) < 4.78 is 48.2. The lowest BCUT2D eigenvalue weighted by atomic mass is 9.96. The molecule has 0 spiro atoms. The van der Waals surface area contributed by atoms with Crippen molar-refractivity contribution in [2.45, 2.75) is 61.7 Å². The molecular weight excluding hydrogens is 500 g/mol. The van der Waals surface area contributed by atoms with E-state index in [0.717, 1.165) is 7.05 Å². The summed E-state index contributed by atoms with van der Waals surface area (Å²) >= 11 is 0. The summed E-state index contributed by atoms with van der Waals surface area (Å²) in [5.41, 5.74) is 0. The Morgan fingerprint density at radius 2 is 1.64 bits per heavy atom. The highest BCUT2D eigenvalue weighted by Gasteiger charge is 2.66. The van der Waals surface area contributed by atoms with Crippen LogP contribution in [-0.2, 0) is 36.8 Å². The largest absolute Gasteiger partial charge is 0.488 e. The maximum Gasteiger partial charge on any atom is 0.488 e. The molecule has 0 aromatic carbocycles. The number of carboxylic acids is 1. The molecule has 8 N–H and O–H groups in total. The number of likely N-dealkylation sites (N-methyl/N-ethyl adjacent to an activating group) is 1. The first-order valence-corrected chi connectivity index (χ1v) is 12.2. The molecule has 11 atom stereocenters. The molecule has 2 saturated heterocycles. The van der Waals surface area contributed by atoms with Crippen LogP contribution in [0.2, 0.25) is 0 Å². The van der Waals surface area contributed by atoms with Crippen molar-refractivity contribution in [2.75, 3.05) is 13.7 Å².